The maximum atomic E-state index is 13.0. The highest BCUT2D eigenvalue weighted by Crippen LogP contribution is 2.35. The minimum Gasteiger partial charge on any atom is -0.368 e. The van der Waals surface area contributed by atoms with E-state index in [2.05, 4.69) is 4.90 Å². The van der Waals surface area contributed by atoms with Gasteiger partial charge >= 0.3 is 0 Å². The molecular formula is C17H22FN3O3S. The van der Waals surface area contributed by atoms with E-state index in [-0.39, 0.29) is 22.9 Å². The number of nitrogens with zero attached hydrogens (tertiary/aromatic N) is 3. The summed E-state index contributed by atoms with van der Waals surface area (Å²) in [5, 5.41) is -0.206. The van der Waals surface area contributed by atoms with Gasteiger partial charge in [0.1, 0.15) is 5.82 Å². The fourth-order valence-corrected chi connectivity index (χ4v) is 5.40. The summed E-state index contributed by atoms with van der Waals surface area (Å²) in [6.45, 7) is 3.29. The second-order valence-electron chi connectivity index (χ2n) is 7.05. The molecule has 4 rings (SSSR count). The van der Waals surface area contributed by atoms with Crippen molar-refractivity contribution in [3.63, 3.8) is 0 Å². The third-order valence-electron chi connectivity index (χ3n) is 5.29. The van der Waals surface area contributed by atoms with Gasteiger partial charge in [-0.05, 0) is 37.1 Å². The number of halogens is 1. The van der Waals surface area contributed by atoms with Gasteiger partial charge in [-0.2, -0.15) is 4.31 Å². The zero-order chi connectivity index (χ0) is 17.6. The van der Waals surface area contributed by atoms with E-state index in [1.54, 1.807) is 12.1 Å². The molecule has 0 N–H and O–H groups in total. The minimum absolute atomic E-state index is 0.0565. The van der Waals surface area contributed by atoms with Gasteiger partial charge in [0, 0.05) is 45.0 Å². The number of sulfonamides is 1. The first-order valence-electron chi connectivity index (χ1n) is 8.73. The Bertz CT molecular complexity index is 750. The Kier molecular flexibility index (Phi) is 4.19. The maximum Gasteiger partial charge on any atom is 0.228 e. The summed E-state index contributed by atoms with van der Waals surface area (Å²) in [7, 11) is -3.15. The van der Waals surface area contributed by atoms with Crippen LogP contribution in [0.5, 0.6) is 0 Å². The summed E-state index contributed by atoms with van der Waals surface area (Å²) >= 11 is 0. The normalized spacial score (nSPS) is 22.8. The van der Waals surface area contributed by atoms with Crippen LogP contribution >= 0.6 is 0 Å². The smallest absolute Gasteiger partial charge is 0.228 e. The van der Waals surface area contributed by atoms with Gasteiger partial charge in [0.25, 0.3) is 0 Å². The van der Waals surface area contributed by atoms with E-state index >= 15 is 0 Å². The van der Waals surface area contributed by atoms with Gasteiger partial charge in [-0.15, -0.1) is 0 Å². The van der Waals surface area contributed by atoms with E-state index in [4.69, 9.17) is 0 Å². The first-order chi connectivity index (χ1) is 11.9. The third kappa shape index (κ3) is 3.25. The number of hydrogen-bond donors (Lipinski definition) is 0. The molecule has 0 bridgehead atoms. The first kappa shape index (κ1) is 16.8. The molecule has 0 spiro atoms. The molecule has 25 heavy (non-hydrogen) atoms. The van der Waals surface area contributed by atoms with E-state index in [1.165, 1.54) is 16.4 Å². The molecule has 2 heterocycles. The van der Waals surface area contributed by atoms with Crippen molar-refractivity contribution in [3.05, 3.63) is 30.1 Å². The summed E-state index contributed by atoms with van der Waals surface area (Å²) in [5.74, 6) is -0.403. The van der Waals surface area contributed by atoms with Crippen molar-refractivity contribution in [1.29, 1.82) is 0 Å². The topological polar surface area (TPSA) is 60.9 Å². The SMILES string of the molecule is O=C(C1CN(S(=O)(=O)C2CC2)C1)N1CCN(c2ccc(F)cc2)CC1. The van der Waals surface area contributed by atoms with E-state index in [0.29, 0.717) is 39.3 Å². The predicted molar refractivity (Wildman–Crippen MR) is 92.2 cm³/mol. The van der Waals surface area contributed by atoms with Crippen molar-refractivity contribution in [2.75, 3.05) is 44.2 Å². The standard InChI is InChI=1S/C17H22FN3O3S/c18-14-1-3-15(4-2-14)19-7-9-20(10-8-19)17(22)13-11-21(12-13)25(23,24)16-5-6-16/h1-4,13,16H,5-12H2. The van der Waals surface area contributed by atoms with Gasteiger partial charge in [-0.1, -0.05) is 0 Å². The highest BCUT2D eigenvalue weighted by Gasteiger charge is 2.47. The molecule has 0 aromatic heterocycles. The van der Waals surface area contributed by atoms with Gasteiger partial charge in [0.2, 0.25) is 15.9 Å². The van der Waals surface area contributed by atoms with Gasteiger partial charge in [0.05, 0.1) is 11.2 Å². The lowest BCUT2D eigenvalue weighted by molar-refractivity contribution is -0.139. The van der Waals surface area contributed by atoms with E-state index in [0.717, 1.165) is 18.5 Å². The Labute approximate surface area is 147 Å². The van der Waals surface area contributed by atoms with Crippen LogP contribution in [-0.2, 0) is 14.8 Å². The molecule has 1 aliphatic carbocycles. The number of carbonyl (C=O) groups is 1. The average molecular weight is 367 g/mol. The van der Waals surface area contributed by atoms with Crippen LogP contribution in [0.2, 0.25) is 0 Å². The zero-order valence-electron chi connectivity index (χ0n) is 14.0. The van der Waals surface area contributed by atoms with Crippen molar-refractivity contribution in [2.45, 2.75) is 18.1 Å². The first-order valence-corrected chi connectivity index (χ1v) is 10.2. The van der Waals surface area contributed by atoms with Crippen LogP contribution in [-0.4, -0.2) is 68.0 Å². The fraction of sp³-hybridized carbons (Fsp3) is 0.588. The Morgan fingerprint density at radius 2 is 1.60 bits per heavy atom. The van der Waals surface area contributed by atoms with Crippen LogP contribution < -0.4 is 4.90 Å². The van der Waals surface area contributed by atoms with Gasteiger partial charge < -0.3 is 9.80 Å². The number of amides is 1. The summed E-state index contributed by atoms with van der Waals surface area (Å²) < 4.78 is 38.7. The molecule has 1 aromatic carbocycles. The fourth-order valence-electron chi connectivity index (χ4n) is 3.47. The van der Waals surface area contributed by atoms with E-state index in [9.17, 15) is 17.6 Å². The summed E-state index contributed by atoms with van der Waals surface area (Å²) in [6, 6.07) is 6.38. The van der Waals surface area contributed by atoms with Crippen LogP contribution in [0.3, 0.4) is 0 Å². The molecule has 0 unspecified atom stereocenters. The highest BCUT2D eigenvalue weighted by molar-refractivity contribution is 7.90. The van der Waals surface area contributed by atoms with Crippen LogP contribution in [0.4, 0.5) is 10.1 Å². The van der Waals surface area contributed by atoms with Gasteiger partial charge in [-0.25, -0.2) is 12.8 Å². The predicted octanol–water partition coefficient (Wildman–Crippen LogP) is 0.898. The molecule has 3 aliphatic rings. The second kappa shape index (κ2) is 6.25. The molecule has 1 saturated carbocycles. The molecule has 3 fully saturated rings. The van der Waals surface area contributed by atoms with Gasteiger partial charge in [-0.3, -0.25) is 4.79 Å². The number of piperazine rings is 1. The molecule has 1 amide bonds. The largest absolute Gasteiger partial charge is 0.368 e. The summed E-state index contributed by atoms with van der Waals surface area (Å²) in [5.41, 5.74) is 0.957. The van der Waals surface area contributed by atoms with Crippen molar-refractivity contribution in [2.24, 2.45) is 5.92 Å². The van der Waals surface area contributed by atoms with Crippen LogP contribution in [0.15, 0.2) is 24.3 Å². The third-order valence-corrected chi connectivity index (χ3v) is 7.62. The second-order valence-corrected chi connectivity index (χ2v) is 9.26. The Morgan fingerprint density at radius 1 is 1.00 bits per heavy atom. The van der Waals surface area contributed by atoms with Crippen LogP contribution in [0, 0.1) is 11.7 Å². The van der Waals surface area contributed by atoms with Crippen LogP contribution in [0.25, 0.3) is 0 Å². The van der Waals surface area contributed by atoms with Crippen molar-refractivity contribution < 1.29 is 17.6 Å². The van der Waals surface area contributed by atoms with Crippen molar-refractivity contribution >= 4 is 21.6 Å². The molecular weight excluding hydrogens is 345 g/mol. The minimum atomic E-state index is -3.15. The lowest BCUT2D eigenvalue weighted by atomic mass is 10.0. The Balaban J connectivity index is 1.28. The van der Waals surface area contributed by atoms with Crippen molar-refractivity contribution in [3.8, 4) is 0 Å². The molecule has 136 valence electrons. The number of anilines is 1. The lowest BCUT2D eigenvalue weighted by Crippen LogP contribution is -2.59. The molecule has 6 nitrogen and oxygen atoms in total. The monoisotopic (exact) mass is 367 g/mol. The van der Waals surface area contributed by atoms with E-state index < -0.39 is 10.0 Å². The quantitative estimate of drug-likeness (QED) is 0.793. The number of rotatable bonds is 4. The molecule has 2 aliphatic heterocycles. The Hall–Kier alpha value is -1.67. The molecule has 8 heteroatoms. The molecule has 2 saturated heterocycles. The Morgan fingerprint density at radius 3 is 2.16 bits per heavy atom. The summed E-state index contributed by atoms with van der Waals surface area (Å²) in [4.78, 5) is 16.5. The van der Waals surface area contributed by atoms with Crippen LogP contribution in [0.1, 0.15) is 12.8 Å². The highest BCUT2D eigenvalue weighted by atomic mass is 32.2. The van der Waals surface area contributed by atoms with Gasteiger partial charge in [0.15, 0.2) is 0 Å². The zero-order valence-corrected chi connectivity index (χ0v) is 14.8. The lowest BCUT2D eigenvalue weighted by Gasteiger charge is -2.42. The number of hydrogen-bond acceptors (Lipinski definition) is 4. The van der Waals surface area contributed by atoms with Crippen molar-refractivity contribution in [1.82, 2.24) is 9.21 Å². The maximum absolute atomic E-state index is 13.0. The summed E-state index contributed by atoms with van der Waals surface area (Å²) in [6.07, 6.45) is 1.51. The van der Waals surface area contributed by atoms with E-state index in [1.807, 2.05) is 4.90 Å². The molecule has 1 aromatic rings. The number of carbonyl (C=O) groups excluding carboxylic acids is 1. The average Bonchev–Trinajstić information content (AvgIpc) is 3.39. The molecule has 0 atom stereocenters. The number of benzene rings is 1. The molecule has 0 radical (unpaired) electrons.